The highest BCUT2D eigenvalue weighted by Gasteiger charge is 2.50. The molecule has 35 heteroatoms. The number of hydrogen-bond acceptors (Lipinski definition) is 16. The van der Waals surface area contributed by atoms with E-state index in [0.717, 1.165) is 59.5 Å². The lowest BCUT2D eigenvalue weighted by molar-refractivity contribution is -0.118. The molecule has 10 heterocycles. The number of nitrogens with zero attached hydrogens (tertiary/aromatic N) is 6. The summed E-state index contributed by atoms with van der Waals surface area (Å²) in [6.45, 7) is 27.5. The van der Waals surface area contributed by atoms with Gasteiger partial charge >= 0.3 is 0 Å². The Hall–Kier alpha value is -11.7. The van der Waals surface area contributed by atoms with Crippen LogP contribution in [0.4, 0.5) is 31.5 Å². The molecule has 1 aliphatic carbocycles. The summed E-state index contributed by atoms with van der Waals surface area (Å²) in [6.07, 6.45) is 8.30. The monoisotopic (exact) mass is 1780 g/mol. The van der Waals surface area contributed by atoms with Gasteiger partial charge in [0.2, 0.25) is 0 Å². The van der Waals surface area contributed by atoms with Crippen molar-refractivity contribution < 1.29 is 74.7 Å². The van der Waals surface area contributed by atoms with E-state index in [0.29, 0.717) is 158 Å². The van der Waals surface area contributed by atoms with Crippen LogP contribution in [-0.2, 0) is 73.3 Å². The maximum atomic E-state index is 13.9. The van der Waals surface area contributed by atoms with Crippen LogP contribution < -0.4 is 42.5 Å². The average Bonchev–Trinajstić information content (AvgIpc) is 1.61. The topological polar surface area (TPSA) is 397 Å². The number of carbonyl (C=O) groups is 12. The molecule has 5 aliphatic heterocycles. The Morgan fingerprint density at radius 2 is 0.815 bits per heavy atom. The molecule has 0 radical (unpaired) electrons. The number of amides is 8. The van der Waals surface area contributed by atoms with Crippen molar-refractivity contribution in [3.63, 3.8) is 0 Å². The predicted octanol–water partition coefficient (Wildman–Crippen LogP) is 13.6. The number of aromatic nitrogens is 7. The zero-order valence-corrected chi connectivity index (χ0v) is 74.4. The largest absolute Gasteiger partial charge is 0.347 e. The van der Waals surface area contributed by atoms with Crippen LogP contribution in [0, 0.1) is 67.0 Å². The van der Waals surface area contributed by atoms with E-state index in [1.807, 2.05) is 55.9 Å². The zero-order valence-electron chi connectivity index (χ0n) is 71.3. The second kappa shape index (κ2) is 36.2. The number of sulfone groups is 1. The summed E-state index contributed by atoms with van der Waals surface area (Å²) in [4.78, 5) is 155. The third-order valence-electron chi connectivity index (χ3n) is 23.2. The molecule has 8 amide bonds. The zero-order chi connectivity index (χ0) is 90.5. The molecule has 9 aromatic rings. The molecule has 654 valence electrons. The number of halogens is 5. The molecule has 1 saturated heterocycles. The number of ketones is 4. The fourth-order valence-corrected chi connectivity index (χ4v) is 19.5. The quantitative estimate of drug-likeness (QED) is 0.0238. The van der Waals surface area contributed by atoms with Crippen molar-refractivity contribution in [1.82, 2.24) is 54.9 Å². The summed E-state index contributed by atoms with van der Waals surface area (Å²) in [6, 6.07) is 17.8. The van der Waals surface area contributed by atoms with Gasteiger partial charge in [0.15, 0.2) is 9.84 Å². The van der Waals surface area contributed by atoms with E-state index < -0.39 is 85.2 Å². The first-order valence-corrected chi connectivity index (χ1v) is 43.7. The van der Waals surface area contributed by atoms with E-state index in [4.69, 9.17) is 34.8 Å². The lowest BCUT2D eigenvalue weighted by atomic mass is 10.0. The molecule has 4 aromatic carbocycles. The maximum Gasteiger partial charge on any atom is 0.293 e. The highest BCUT2D eigenvalue weighted by Crippen LogP contribution is 2.45. The number of hydrogen-bond donors (Lipinski definition) is 9. The minimum Gasteiger partial charge on any atom is -0.347 e. The maximum absolute atomic E-state index is 13.9. The number of anilines is 4. The van der Waals surface area contributed by atoms with E-state index >= 15 is 0 Å². The summed E-state index contributed by atoms with van der Waals surface area (Å²) in [5, 5.41) is 33.7. The first-order chi connectivity index (χ1) is 58.3. The first-order valence-electron chi connectivity index (χ1n) is 40.8. The van der Waals surface area contributed by atoms with Gasteiger partial charge < -0.3 is 60.8 Å². The smallest absolute Gasteiger partial charge is 0.293 e. The van der Waals surface area contributed by atoms with Gasteiger partial charge in [-0.25, -0.2) is 17.2 Å². The molecule has 0 unspecified atom stereocenters. The van der Waals surface area contributed by atoms with Gasteiger partial charge in [0.25, 0.3) is 70.4 Å². The van der Waals surface area contributed by atoms with Gasteiger partial charge in [-0.15, -0.1) is 0 Å². The van der Waals surface area contributed by atoms with Crippen molar-refractivity contribution >= 4 is 138 Å². The minimum absolute atomic E-state index is 0.0348. The Morgan fingerprint density at radius 1 is 0.468 bits per heavy atom. The van der Waals surface area contributed by atoms with Crippen LogP contribution in [0.3, 0.4) is 0 Å². The van der Waals surface area contributed by atoms with E-state index in [1.165, 1.54) is 13.1 Å². The molecular formula is C89H98Cl3F2N15O14S. The third kappa shape index (κ3) is 18.7. The number of H-pyrrole nitrogens is 1. The molecule has 5 aromatic heterocycles. The molecule has 1 saturated carbocycles. The Morgan fingerprint density at radius 3 is 1.16 bits per heavy atom. The van der Waals surface area contributed by atoms with Gasteiger partial charge in [-0.1, -0.05) is 53.0 Å². The van der Waals surface area contributed by atoms with Crippen molar-refractivity contribution in [2.45, 2.75) is 216 Å². The Bertz CT molecular complexity index is 5890. The number of Topliss-reactive ketones (excluding diaryl/α,β-unsaturated/α-hetero) is 4. The van der Waals surface area contributed by atoms with Gasteiger partial charge in [-0.2, -0.15) is 15.4 Å². The van der Waals surface area contributed by atoms with Crippen LogP contribution >= 0.6 is 34.8 Å². The molecule has 0 bridgehead atoms. The standard InChI is InChI=1S/C23H22F2N6O3.C22H24ClN3O5S.2C22H26ClN3O3/c1-11-14(24)8-13(9-15(11)25)27-21(33)19-12(2)18(16-4-3-7-31(16)19)20(32)22(34)28-23(5-6-23)17-10-26-30-29-17;1-12-6-7-14(9-15(12)23)24-20(28)18-13(2)17(16-5-4-8-26(16)18)19(27)21(29)25-22(3)10-32(30,31)11-22;2*1-11(2)24-22(29)20(27)18-14(5)19(26-13(4)7-9-17(18)26)21(28)25-15-8-6-12(3)16(23)10-15/h8-10H,3-7H2,1-2H3,(H,27,33)(H,28,34)(H,26,29,30);6-7,9H,4-5,8,10-11H2,1-3H3,(H,24,28)(H,25,29);2*6,8,10-11,13H,7,9H2,1-5H3,(H,24,29)(H,25,28)/t;;2*13-/m..10/s1. The van der Waals surface area contributed by atoms with Crippen LogP contribution in [0.15, 0.2) is 72.9 Å². The summed E-state index contributed by atoms with van der Waals surface area (Å²) in [7, 11) is -3.18. The van der Waals surface area contributed by atoms with Crippen molar-refractivity contribution in [3.8, 4) is 0 Å². The number of benzene rings is 4. The van der Waals surface area contributed by atoms with Gasteiger partial charge in [-0.3, -0.25) is 57.5 Å². The Kier molecular flexibility index (Phi) is 26.7. The summed E-state index contributed by atoms with van der Waals surface area (Å²) in [5.74, 6) is -9.17. The van der Waals surface area contributed by atoms with E-state index in [1.54, 1.807) is 114 Å². The summed E-state index contributed by atoms with van der Waals surface area (Å²) < 4.78 is 58.2. The molecular weight excluding hydrogens is 1680 g/mol. The minimum atomic E-state index is -3.18. The van der Waals surface area contributed by atoms with Crippen molar-refractivity contribution in [2.24, 2.45) is 0 Å². The van der Waals surface area contributed by atoms with Crippen molar-refractivity contribution in [2.75, 3.05) is 32.8 Å². The number of fused-ring (bicyclic) bond motifs is 4. The van der Waals surface area contributed by atoms with Gasteiger partial charge in [0, 0.05) is 103 Å². The molecule has 15 rings (SSSR count). The van der Waals surface area contributed by atoms with Crippen molar-refractivity contribution in [1.29, 1.82) is 0 Å². The number of aryl methyl sites for hydroxylation is 3. The summed E-state index contributed by atoms with van der Waals surface area (Å²) in [5.41, 5.74) is 10.2. The molecule has 29 nitrogen and oxygen atoms in total. The second-order valence-electron chi connectivity index (χ2n) is 33.5. The normalized spacial score (nSPS) is 16.1. The highest BCUT2D eigenvalue weighted by molar-refractivity contribution is 7.93. The fraction of sp³-hybridized carbons (Fsp3) is 0.393. The number of aromatic amines is 1. The van der Waals surface area contributed by atoms with Crippen LogP contribution in [0.25, 0.3) is 0 Å². The van der Waals surface area contributed by atoms with Crippen LogP contribution in [0.2, 0.25) is 15.1 Å². The van der Waals surface area contributed by atoms with Crippen LogP contribution in [0.1, 0.15) is 255 Å². The molecule has 124 heavy (non-hydrogen) atoms. The second-order valence-corrected chi connectivity index (χ2v) is 36.8. The van der Waals surface area contributed by atoms with Crippen LogP contribution in [0.5, 0.6) is 0 Å². The SMILES string of the molecule is Cc1c(F)cc(NC(=O)c2c(C)c(C(=O)C(=O)NC3(c4cn[nH]n4)CC3)c3n2CCC3)cc1F.Cc1ccc(NC(=O)c2c(C)c(C(=O)C(=O)NC(C)C)c3n2[C@@H](C)CC3)cc1Cl.Cc1ccc(NC(=O)c2c(C)c(C(=O)C(=O)NC(C)C)c3n2[C@H](C)CC3)cc1Cl.Cc1ccc(NC(=O)c2c(C)c(C(=O)C(=O)NC3(C)CS(=O)(=O)C3)c3n2CCC3)cc1Cl. The molecule has 2 fully saturated rings. The van der Waals surface area contributed by atoms with E-state index in [2.05, 4.69) is 57.9 Å². The molecule has 2 atom stereocenters. The summed E-state index contributed by atoms with van der Waals surface area (Å²) >= 11 is 18.5. The number of carbonyl (C=O) groups excluding carboxylic acids is 12. The van der Waals surface area contributed by atoms with E-state index in [9.17, 15) is 74.7 Å². The lowest BCUT2D eigenvalue weighted by Gasteiger charge is -2.38. The van der Waals surface area contributed by atoms with Gasteiger partial charge in [0.1, 0.15) is 40.1 Å². The third-order valence-corrected chi connectivity index (χ3v) is 26.5. The van der Waals surface area contributed by atoms with E-state index in [-0.39, 0.29) is 81.5 Å². The Labute approximate surface area is 729 Å². The average molecular weight is 1780 g/mol. The predicted molar refractivity (Wildman–Crippen MR) is 465 cm³/mol. The molecule has 0 spiro atoms. The molecule has 9 N–H and O–H groups in total. The van der Waals surface area contributed by atoms with Crippen LogP contribution in [-0.4, -0.2) is 142 Å². The highest BCUT2D eigenvalue weighted by atomic mass is 35.5. The Balaban J connectivity index is 0.000000151. The molecule has 6 aliphatic rings. The lowest BCUT2D eigenvalue weighted by Crippen LogP contribution is -2.64. The van der Waals surface area contributed by atoms with Gasteiger partial charge in [0.05, 0.1) is 51.0 Å². The fourth-order valence-electron chi connectivity index (χ4n) is 17.0. The van der Waals surface area contributed by atoms with Crippen molar-refractivity contribution in [3.05, 3.63) is 218 Å². The first kappa shape index (κ1) is 91.5. The van der Waals surface area contributed by atoms with Gasteiger partial charge in [-0.05, 0) is 256 Å². The number of nitrogens with one attached hydrogen (secondary N) is 9. The number of rotatable bonds is 21.